The highest BCUT2D eigenvalue weighted by Gasteiger charge is 2.00. The monoisotopic (exact) mass is 404 g/mol. The quantitative estimate of drug-likeness (QED) is 0.318. The van der Waals surface area contributed by atoms with Crippen LogP contribution in [0.4, 0.5) is 0 Å². The maximum Gasteiger partial charge on any atom is 0.0705 e. The van der Waals surface area contributed by atoms with Crippen LogP contribution in [-0.2, 0) is 12.8 Å². The smallest absolute Gasteiger partial charge is 0.0705 e. The zero-order valence-corrected chi connectivity index (χ0v) is 17.5. The van der Waals surface area contributed by atoms with Crippen molar-refractivity contribution in [2.24, 2.45) is 0 Å². The van der Waals surface area contributed by atoms with Crippen molar-refractivity contribution in [3.63, 3.8) is 0 Å². The van der Waals surface area contributed by atoms with Crippen LogP contribution in [0.5, 0.6) is 0 Å². The van der Waals surface area contributed by atoms with Crippen LogP contribution < -0.4 is 0 Å². The highest BCUT2D eigenvalue weighted by Crippen LogP contribution is 2.16. The van der Waals surface area contributed by atoms with Gasteiger partial charge in [-0.3, -0.25) is 9.97 Å². The molecular formula is C24H24N2S2. The number of hydrogen-bond acceptors (Lipinski definition) is 4. The van der Waals surface area contributed by atoms with E-state index in [1.807, 2.05) is 23.5 Å². The highest BCUT2D eigenvalue weighted by atomic mass is 32.2. The first-order valence-corrected chi connectivity index (χ1v) is 12.0. The lowest BCUT2D eigenvalue weighted by molar-refractivity contribution is 1.07. The molecule has 0 saturated heterocycles. The van der Waals surface area contributed by atoms with Gasteiger partial charge in [0.05, 0.1) is 11.0 Å². The molecule has 2 aromatic heterocycles. The molecule has 0 amide bonds. The average Bonchev–Trinajstić information content (AvgIpc) is 2.75. The molecule has 2 heterocycles. The van der Waals surface area contributed by atoms with Crippen molar-refractivity contribution in [2.45, 2.75) is 12.8 Å². The number of nitrogens with zero attached hydrogens (tertiary/aromatic N) is 2. The van der Waals surface area contributed by atoms with Crippen molar-refractivity contribution >= 4 is 45.3 Å². The molecule has 0 aliphatic heterocycles. The third kappa shape index (κ3) is 5.27. The summed E-state index contributed by atoms with van der Waals surface area (Å²) in [5.41, 5.74) is 4.59. The van der Waals surface area contributed by atoms with Gasteiger partial charge >= 0.3 is 0 Å². The summed E-state index contributed by atoms with van der Waals surface area (Å²) in [7, 11) is 0. The highest BCUT2D eigenvalue weighted by molar-refractivity contribution is 8.02. The molecule has 0 fully saturated rings. The standard InChI is InChI=1S/C24H24N2S2/c1-3-7-23-19(5-1)9-11-21(25-23)13-15-27-17-18-28-16-14-22-12-10-20-6-2-4-8-24(20)26-22/h1-12H,13-18H2. The van der Waals surface area contributed by atoms with Gasteiger partial charge in [0, 0.05) is 33.7 Å². The Morgan fingerprint density at radius 2 is 0.964 bits per heavy atom. The Hall–Kier alpha value is -2.04. The maximum absolute atomic E-state index is 4.75. The minimum Gasteiger partial charge on any atom is -0.253 e. The van der Waals surface area contributed by atoms with Gasteiger partial charge in [-0.2, -0.15) is 23.5 Å². The van der Waals surface area contributed by atoms with Crippen molar-refractivity contribution in [2.75, 3.05) is 23.0 Å². The number of hydrogen-bond donors (Lipinski definition) is 0. The summed E-state index contributed by atoms with van der Waals surface area (Å²) < 4.78 is 0. The molecule has 2 nitrogen and oxygen atoms in total. The molecule has 0 bridgehead atoms. The summed E-state index contributed by atoms with van der Waals surface area (Å²) in [5.74, 6) is 4.67. The second kappa shape index (κ2) is 9.94. The van der Waals surface area contributed by atoms with E-state index in [0.29, 0.717) is 0 Å². The fourth-order valence-corrected chi connectivity index (χ4v) is 5.23. The van der Waals surface area contributed by atoms with Gasteiger partial charge in [-0.25, -0.2) is 0 Å². The van der Waals surface area contributed by atoms with Gasteiger partial charge in [-0.05, 0) is 48.6 Å². The van der Waals surface area contributed by atoms with Crippen LogP contribution in [0, 0.1) is 0 Å². The fourth-order valence-electron chi connectivity index (χ4n) is 3.17. The number of rotatable bonds is 9. The van der Waals surface area contributed by atoms with Gasteiger partial charge in [-0.15, -0.1) is 0 Å². The van der Waals surface area contributed by atoms with Crippen LogP contribution in [-0.4, -0.2) is 33.0 Å². The Labute approximate surface area is 175 Å². The molecule has 0 aliphatic carbocycles. The SMILES string of the molecule is c1ccc2nc(CCSCCSCCc3ccc4ccccc4n3)ccc2c1. The molecule has 4 aromatic rings. The molecule has 0 unspecified atom stereocenters. The van der Waals surface area contributed by atoms with Gasteiger partial charge in [0.1, 0.15) is 0 Å². The van der Waals surface area contributed by atoms with E-state index in [1.54, 1.807) is 0 Å². The molecule has 28 heavy (non-hydrogen) atoms. The van der Waals surface area contributed by atoms with E-state index < -0.39 is 0 Å². The summed E-state index contributed by atoms with van der Waals surface area (Å²) in [6, 6.07) is 25.3. The number of aryl methyl sites for hydroxylation is 2. The number of benzene rings is 2. The Kier molecular flexibility index (Phi) is 6.85. The summed E-state index contributed by atoms with van der Waals surface area (Å²) >= 11 is 4.05. The molecule has 0 atom stereocenters. The van der Waals surface area contributed by atoms with Gasteiger partial charge < -0.3 is 0 Å². The largest absolute Gasteiger partial charge is 0.253 e. The minimum atomic E-state index is 1.04. The minimum absolute atomic E-state index is 1.04. The molecule has 0 radical (unpaired) electrons. The third-order valence-electron chi connectivity index (χ3n) is 4.69. The van der Waals surface area contributed by atoms with Crippen LogP contribution >= 0.6 is 23.5 Å². The van der Waals surface area contributed by atoms with Crippen LogP contribution in [0.1, 0.15) is 11.4 Å². The van der Waals surface area contributed by atoms with Crippen molar-refractivity contribution in [3.8, 4) is 0 Å². The van der Waals surface area contributed by atoms with Crippen LogP contribution in [0.3, 0.4) is 0 Å². The molecule has 0 saturated carbocycles. The molecule has 4 rings (SSSR count). The third-order valence-corrected chi connectivity index (χ3v) is 6.92. The van der Waals surface area contributed by atoms with Crippen molar-refractivity contribution in [3.05, 3.63) is 84.2 Å². The Bertz CT molecular complexity index is 963. The lowest BCUT2D eigenvalue weighted by Gasteiger charge is -2.05. The van der Waals surface area contributed by atoms with E-state index in [0.717, 1.165) is 35.4 Å². The molecule has 0 N–H and O–H groups in total. The first kappa shape index (κ1) is 19.3. The summed E-state index contributed by atoms with van der Waals surface area (Å²) in [5, 5.41) is 2.44. The Balaban J connectivity index is 1.12. The van der Waals surface area contributed by atoms with Gasteiger partial charge in [0.2, 0.25) is 0 Å². The normalized spacial score (nSPS) is 11.3. The zero-order valence-electron chi connectivity index (χ0n) is 15.9. The van der Waals surface area contributed by atoms with Gasteiger partial charge in [0.15, 0.2) is 0 Å². The van der Waals surface area contributed by atoms with Gasteiger partial charge in [0.25, 0.3) is 0 Å². The summed E-state index contributed by atoms with van der Waals surface area (Å²) in [6.07, 6.45) is 2.09. The number of pyridine rings is 2. The van der Waals surface area contributed by atoms with E-state index in [-0.39, 0.29) is 0 Å². The number of para-hydroxylation sites is 2. The van der Waals surface area contributed by atoms with Crippen LogP contribution in [0.25, 0.3) is 21.8 Å². The Morgan fingerprint density at radius 3 is 1.46 bits per heavy atom. The second-order valence-electron chi connectivity index (χ2n) is 6.72. The van der Waals surface area contributed by atoms with Gasteiger partial charge in [-0.1, -0.05) is 48.5 Å². The first-order valence-electron chi connectivity index (χ1n) is 9.73. The predicted octanol–water partition coefficient (Wildman–Crippen LogP) is 6.03. The van der Waals surface area contributed by atoms with Crippen LogP contribution in [0.15, 0.2) is 72.8 Å². The van der Waals surface area contributed by atoms with E-state index in [4.69, 9.17) is 9.97 Å². The maximum atomic E-state index is 4.75. The predicted molar refractivity (Wildman–Crippen MR) is 126 cm³/mol. The van der Waals surface area contributed by atoms with Crippen LogP contribution in [0.2, 0.25) is 0 Å². The molecule has 2 aromatic carbocycles. The first-order chi connectivity index (χ1) is 13.9. The number of aromatic nitrogens is 2. The summed E-state index contributed by atoms with van der Waals surface area (Å²) in [6.45, 7) is 0. The lowest BCUT2D eigenvalue weighted by atomic mass is 10.2. The Morgan fingerprint density at radius 1 is 0.500 bits per heavy atom. The van der Waals surface area contributed by atoms with Crippen molar-refractivity contribution < 1.29 is 0 Å². The fraction of sp³-hybridized carbons (Fsp3) is 0.250. The van der Waals surface area contributed by atoms with Crippen molar-refractivity contribution in [1.82, 2.24) is 9.97 Å². The molecular weight excluding hydrogens is 380 g/mol. The van der Waals surface area contributed by atoms with Crippen molar-refractivity contribution in [1.29, 1.82) is 0 Å². The van der Waals surface area contributed by atoms with E-state index >= 15 is 0 Å². The second-order valence-corrected chi connectivity index (χ2v) is 9.16. The molecule has 4 heteroatoms. The van der Waals surface area contributed by atoms with E-state index in [1.165, 1.54) is 33.7 Å². The lowest BCUT2D eigenvalue weighted by Crippen LogP contribution is -1.97. The molecule has 0 aliphatic rings. The topological polar surface area (TPSA) is 25.8 Å². The molecule has 0 spiro atoms. The molecule has 142 valence electrons. The van der Waals surface area contributed by atoms with E-state index in [9.17, 15) is 0 Å². The number of fused-ring (bicyclic) bond motifs is 2. The average molecular weight is 405 g/mol. The summed E-state index contributed by atoms with van der Waals surface area (Å²) in [4.78, 5) is 9.50. The van der Waals surface area contributed by atoms with E-state index in [2.05, 4.69) is 72.8 Å². The zero-order chi connectivity index (χ0) is 19.0. The number of thioether (sulfide) groups is 2.